The molecule has 1 saturated heterocycles. The van der Waals surface area contributed by atoms with E-state index in [1.807, 2.05) is 36.4 Å². The minimum absolute atomic E-state index is 0.0206. The van der Waals surface area contributed by atoms with Crippen molar-refractivity contribution < 1.29 is 23.5 Å². The molecule has 0 spiro atoms. The van der Waals surface area contributed by atoms with Crippen LogP contribution in [0, 0.1) is 0 Å². The van der Waals surface area contributed by atoms with Gasteiger partial charge in [0.2, 0.25) is 11.7 Å². The molecule has 2 N–H and O–H groups in total. The summed E-state index contributed by atoms with van der Waals surface area (Å²) in [5.74, 6) is 3.73. The van der Waals surface area contributed by atoms with Crippen LogP contribution in [-0.4, -0.2) is 38.6 Å². The Kier molecular flexibility index (Phi) is 5.73. The quantitative estimate of drug-likeness (QED) is 0.606. The van der Waals surface area contributed by atoms with Crippen LogP contribution in [0.3, 0.4) is 0 Å². The third kappa shape index (κ3) is 3.77. The van der Waals surface area contributed by atoms with Crippen molar-refractivity contribution in [3.05, 3.63) is 47.9 Å². The number of hydrogen-bond donors (Lipinski definition) is 2. The first-order valence-electron chi connectivity index (χ1n) is 9.45. The molecule has 1 fully saturated rings. The van der Waals surface area contributed by atoms with Crippen LogP contribution in [0.5, 0.6) is 23.0 Å². The monoisotopic (exact) mass is 412 g/mol. The number of hydrazine groups is 1. The molecule has 0 radical (unpaired) electrons. The second-order valence-corrected chi connectivity index (χ2v) is 6.76. The summed E-state index contributed by atoms with van der Waals surface area (Å²) >= 11 is 0. The van der Waals surface area contributed by atoms with E-state index in [9.17, 15) is 0 Å². The van der Waals surface area contributed by atoms with E-state index in [1.54, 1.807) is 28.4 Å². The first kappa shape index (κ1) is 20.0. The largest absolute Gasteiger partial charge is 0.497 e. The highest BCUT2D eigenvalue weighted by molar-refractivity contribution is 5.60. The van der Waals surface area contributed by atoms with E-state index in [4.69, 9.17) is 23.5 Å². The second-order valence-electron chi connectivity index (χ2n) is 6.76. The van der Waals surface area contributed by atoms with E-state index >= 15 is 0 Å². The van der Waals surface area contributed by atoms with Gasteiger partial charge in [0.05, 0.1) is 34.5 Å². The highest BCUT2D eigenvalue weighted by Gasteiger charge is 2.32. The first-order valence-corrected chi connectivity index (χ1v) is 9.45. The van der Waals surface area contributed by atoms with Crippen LogP contribution >= 0.6 is 0 Å². The van der Waals surface area contributed by atoms with Crippen LogP contribution in [0.1, 0.15) is 30.0 Å². The van der Waals surface area contributed by atoms with E-state index in [1.165, 1.54) is 0 Å². The maximum absolute atomic E-state index is 5.52. The highest BCUT2D eigenvalue weighted by atomic mass is 16.5. The van der Waals surface area contributed by atoms with Gasteiger partial charge in [-0.3, -0.25) is 0 Å². The molecule has 4 rings (SSSR count). The Morgan fingerprint density at radius 3 is 2.33 bits per heavy atom. The molecule has 1 aliphatic heterocycles. The van der Waals surface area contributed by atoms with Gasteiger partial charge in [0.1, 0.15) is 17.5 Å². The molecule has 9 nitrogen and oxygen atoms in total. The molecule has 0 aliphatic carbocycles. The molecule has 30 heavy (non-hydrogen) atoms. The summed E-state index contributed by atoms with van der Waals surface area (Å²) in [4.78, 5) is 4.56. The topological polar surface area (TPSA) is 99.9 Å². The van der Waals surface area contributed by atoms with Gasteiger partial charge >= 0.3 is 0 Å². The van der Waals surface area contributed by atoms with Gasteiger partial charge in [-0.05, 0) is 30.7 Å². The van der Waals surface area contributed by atoms with Crippen LogP contribution in [0.4, 0.5) is 0 Å². The fourth-order valence-electron chi connectivity index (χ4n) is 3.50. The van der Waals surface area contributed by atoms with E-state index < -0.39 is 0 Å². The Balaban J connectivity index is 1.52. The number of benzene rings is 2. The van der Waals surface area contributed by atoms with E-state index in [0.29, 0.717) is 23.2 Å². The van der Waals surface area contributed by atoms with Gasteiger partial charge in [-0.25, -0.2) is 10.9 Å². The number of hydrogen-bond acceptors (Lipinski definition) is 9. The van der Waals surface area contributed by atoms with Crippen molar-refractivity contribution in [3.63, 3.8) is 0 Å². The summed E-state index contributed by atoms with van der Waals surface area (Å²) in [7, 11) is 6.46. The lowest BCUT2D eigenvalue weighted by Crippen LogP contribution is -2.27. The Bertz CT molecular complexity index is 1020. The zero-order valence-corrected chi connectivity index (χ0v) is 17.3. The molecule has 1 aromatic heterocycles. The van der Waals surface area contributed by atoms with Crippen molar-refractivity contribution in [1.29, 1.82) is 0 Å². The Hall–Kier alpha value is -3.30. The summed E-state index contributed by atoms with van der Waals surface area (Å²) in [6.45, 7) is 0. The fraction of sp³-hybridized carbons (Fsp3) is 0.333. The smallest absolute Gasteiger partial charge is 0.245 e. The SMILES string of the molecule is COc1ccc(C2CC(c3nc(-c4ccc(OC)c(OC)c4)no3)NN2)c(OC)c1. The van der Waals surface area contributed by atoms with Gasteiger partial charge in [-0.2, -0.15) is 4.98 Å². The molecule has 2 heterocycles. The van der Waals surface area contributed by atoms with Crippen LogP contribution in [-0.2, 0) is 0 Å². The van der Waals surface area contributed by atoms with Gasteiger partial charge in [-0.1, -0.05) is 11.2 Å². The third-order valence-corrected chi connectivity index (χ3v) is 5.10. The van der Waals surface area contributed by atoms with E-state index in [-0.39, 0.29) is 12.1 Å². The molecule has 158 valence electrons. The number of aromatic nitrogens is 2. The predicted molar refractivity (Wildman–Crippen MR) is 109 cm³/mol. The van der Waals surface area contributed by atoms with Crippen LogP contribution in [0.15, 0.2) is 40.9 Å². The van der Waals surface area contributed by atoms with E-state index in [2.05, 4.69) is 21.0 Å². The van der Waals surface area contributed by atoms with Crippen molar-refractivity contribution in [2.45, 2.75) is 18.5 Å². The normalized spacial score (nSPS) is 18.3. The number of ether oxygens (including phenoxy) is 4. The predicted octanol–water partition coefficient (Wildman–Crippen LogP) is 3.05. The molecule has 0 bridgehead atoms. The van der Waals surface area contributed by atoms with Gasteiger partial charge in [0, 0.05) is 17.2 Å². The van der Waals surface area contributed by atoms with Gasteiger partial charge in [0.15, 0.2) is 11.5 Å². The molecule has 9 heteroatoms. The average Bonchev–Trinajstić information content (AvgIpc) is 3.48. The minimum atomic E-state index is -0.136. The summed E-state index contributed by atoms with van der Waals surface area (Å²) in [6.07, 6.45) is 0.719. The number of methoxy groups -OCH3 is 4. The first-order chi connectivity index (χ1) is 14.7. The van der Waals surface area contributed by atoms with Gasteiger partial charge < -0.3 is 23.5 Å². The molecular weight excluding hydrogens is 388 g/mol. The van der Waals surface area contributed by atoms with E-state index in [0.717, 1.165) is 29.0 Å². The standard InChI is InChI=1S/C21H24N4O5/c1-26-13-6-7-14(18(10-13)28-3)15-11-16(24-23-15)21-22-20(25-30-21)12-5-8-17(27-2)19(9-12)29-4/h5-10,15-16,23-24H,11H2,1-4H3. The lowest BCUT2D eigenvalue weighted by Gasteiger charge is -2.15. The molecule has 3 aromatic rings. The van der Waals surface area contributed by atoms with Crippen molar-refractivity contribution in [2.75, 3.05) is 28.4 Å². The van der Waals surface area contributed by atoms with Crippen LogP contribution in [0.2, 0.25) is 0 Å². The number of rotatable bonds is 7. The second kappa shape index (κ2) is 8.60. The lowest BCUT2D eigenvalue weighted by molar-refractivity contribution is 0.340. The number of nitrogens with one attached hydrogen (secondary N) is 2. The van der Waals surface area contributed by atoms with Crippen molar-refractivity contribution in [1.82, 2.24) is 21.0 Å². The van der Waals surface area contributed by atoms with Gasteiger partial charge in [0.25, 0.3) is 0 Å². The minimum Gasteiger partial charge on any atom is -0.497 e. The fourth-order valence-corrected chi connectivity index (χ4v) is 3.50. The van der Waals surface area contributed by atoms with Crippen LogP contribution in [0.25, 0.3) is 11.4 Å². The molecule has 2 atom stereocenters. The average molecular weight is 412 g/mol. The maximum atomic E-state index is 5.52. The van der Waals surface area contributed by atoms with Crippen molar-refractivity contribution in [2.24, 2.45) is 0 Å². The molecule has 0 amide bonds. The Morgan fingerprint density at radius 1 is 0.833 bits per heavy atom. The summed E-state index contributed by atoms with van der Waals surface area (Å²) in [5, 5.41) is 4.12. The molecule has 2 aromatic carbocycles. The summed E-state index contributed by atoms with van der Waals surface area (Å²) < 4.78 is 26.9. The molecule has 2 unspecified atom stereocenters. The zero-order valence-electron chi connectivity index (χ0n) is 17.3. The number of nitrogens with zero attached hydrogens (tertiary/aromatic N) is 2. The van der Waals surface area contributed by atoms with Crippen molar-refractivity contribution >= 4 is 0 Å². The third-order valence-electron chi connectivity index (χ3n) is 5.10. The summed E-state index contributed by atoms with van der Waals surface area (Å²) in [6, 6.07) is 11.1. The molecule has 0 saturated carbocycles. The Morgan fingerprint density at radius 2 is 1.60 bits per heavy atom. The maximum Gasteiger partial charge on any atom is 0.245 e. The molecule has 1 aliphatic rings. The highest BCUT2D eigenvalue weighted by Crippen LogP contribution is 2.37. The summed E-state index contributed by atoms with van der Waals surface area (Å²) in [5.41, 5.74) is 8.31. The lowest BCUT2D eigenvalue weighted by atomic mass is 10.0. The Labute approximate surface area is 174 Å². The zero-order chi connectivity index (χ0) is 21.1. The molecular formula is C21H24N4O5. The van der Waals surface area contributed by atoms with Crippen LogP contribution < -0.4 is 29.8 Å². The van der Waals surface area contributed by atoms with Gasteiger partial charge in [-0.15, -0.1) is 0 Å². The van der Waals surface area contributed by atoms with Crippen molar-refractivity contribution in [3.8, 4) is 34.4 Å².